The molecule has 0 spiro atoms. The van der Waals surface area contributed by atoms with Gasteiger partial charge in [0, 0.05) is 18.7 Å². The normalized spacial score (nSPS) is 11.7. The summed E-state index contributed by atoms with van der Waals surface area (Å²) in [6, 6.07) is 18.0. The van der Waals surface area contributed by atoms with Gasteiger partial charge < -0.3 is 9.47 Å². The molecule has 0 fully saturated rings. The van der Waals surface area contributed by atoms with E-state index >= 15 is 0 Å². The molecule has 9 heteroatoms. The van der Waals surface area contributed by atoms with Crippen LogP contribution in [0.1, 0.15) is 5.56 Å². The van der Waals surface area contributed by atoms with E-state index in [4.69, 9.17) is 9.47 Å². The van der Waals surface area contributed by atoms with Crippen molar-refractivity contribution in [2.24, 2.45) is 5.10 Å². The minimum atomic E-state index is -4.00. The number of sulfonamides is 1. The fourth-order valence-corrected chi connectivity index (χ4v) is 4.31. The molecule has 0 bridgehead atoms. The quantitative estimate of drug-likeness (QED) is 0.428. The van der Waals surface area contributed by atoms with Gasteiger partial charge in [0.1, 0.15) is 16.4 Å². The van der Waals surface area contributed by atoms with E-state index < -0.39 is 22.5 Å². The topological polar surface area (TPSA) is 97.3 Å². The molecule has 0 saturated carbocycles. The number of methoxy groups -OCH3 is 2. The summed E-state index contributed by atoms with van der Waals surface area (Å²) in [6.07, 6.45) is 1.53. The van der Waals surface area contributed by atoms with Gasteiger partial charge in [-0.3, -0.25) is 4.79 Å². The van der Waals surface area contributed by atoms with Crippen molar-refractivity contribution in [3.63, 3.8) is 0 Å². The van der Waals surface area contributed by atoms with Gasteiger partial charge in [0.2, 0.25) is 10.0 Å². The monoisotopic (exact) mass is 441 g/mol. The molecule has 8 nitrogen and oxygen atoms in total. The Morgan fingerprint density at radius 2 is 1.81 bits per heavy atom. The lowest BCUT2D eigenvalue weighted by Gasteiger charge is -2.18. The molecule has 0 heterocycles. The second-order valence-corrected chi connectivity index (χ2v) is 8.65. The highest BCUT2D eigenvalue weighted by molar-refractivity contribution is 7.89. The molecule has 0 aromatic heterocycles. The highest BCUT2D eigenvalue weighted by Crippen LogP contribution is 2.30. The number of likely N-dealkylation sites (N-methyl/N-ethyl adjacent to an activating group) is 1. The van der Waals surface area contributed by atoms with E-state index in [0.29, 0.717) is 5.75 Å². The first-order valence-electron chi connectivity index (χ1n) is 9.35. The van der Waals surface area contributed by atoms with Crippen molar-refractivity contribution in [2.75, 3.05) is 27.8 Å². The molecule has 0 radical (unpaired) electrons. The third kappa shape index (κ3) is 5.01. The van der Waals surface area contributed by atoms with Crippen LogP contribution in [0.25, 0.3) is 10.8 Å². The fraction of sp³-hybridized carbons (Fsp3) is 0.182. The lowest BCUT2D eigenvalue weighted by molar-refractivity contribution is -0.121. The molecule has 3 aromatic rings. The summed E-state index contributed by atoms with van der Waals surface area (Å²) in [5.74, 6) is -0.0663. The zero-order valence-electron chi connectivity index (χ0n) is 17.4. The fourth-order valence-electron chi connectivity index (χ4n) is 3.01. The number of benzene rings is 3. The predicted octanol–water partition coefficient (Wildman–Crippen LogP) is 2.63. The summed E-state index contributed by atoms with van der Waals surface area (Å²) >= 11 is 0. The highest BCUT2D eigenvalue weighted by atomic mass is 32.2. The summed E-state index contributed by atoms with van der Waals surface area (Å²) in [4.78, 5) is 12.2. The Balaban J connectivity index is 1.71. The number of fused-ring (bicyclic) bond motifs is 1. The van der Waals surface area contributed by atoms with Gasteiger partial charge >= 0.3 is 0 Å². The van der Waals surface area contributed by atoms with E-state index in [1.165, 1.54) is 39.6 Å². The molecule has 1 N–H and O–H groups in total. The van der Waals surface area contributed by atoms with E-state index in [9.17, 15) is 13.2 Å². The second-order valence-electron chi connectivity index (χ2n) is 6.64. The van der Waals surface area contributed by atoms with Crippen LogP contribution in [0.5, 0.6) is 11.5 Å². The molecule has 0 saturated heterocycles. The van der Waals surface area contributed by atoms with Crippen molar-refractivity contribution in [3.8, 4) is 11.5 Å². The van der Waals surface area contributed by atoms with E-state index in [-0.39, 0.29) is 10.6 Å². The van der Waals surface area contributed by atoms with Crippen molar-refractivity contribution in [2.45, 2.75) is 4.90 Å². The maximum absolute atomic E-state index is 12.9. The maximum atomic E-state index is 12.9. The van der Waals surface area contributed by atoms with Crippen LogP contribution in [0.4, 0.5) is 0 Å². The number of hydrazone groups is 1. The third-order valence-corrected chi connectivity index (χ3v) is 6.47. The zero-order chi connectivity index (χ0) is 22.4. The molecule has 1 amide bonds. The van der Waals surface area contributed by atoms with Crippen molar-refractivity contribution < 1.29 is 22.7 Å². The Bertz CT molecular complexity index is 1220. The molecule has 162 valence electrons. The lowest BCUT2D eigenvalue weighted by atomic mass is 10.1. The minimum Gasteiger partial charge on any atom is -0.497 e. The van der Waals surface area contributed by atoms with Gasteiger partial charge in [0.05, 0.1) is 27.0 Å². The SMILES string of the molecule is COc1ccc(OC)c(S(=O)(=O)N(C)CC(=O)N/N=C\c2cccc3ccccc23)c1. The van der Waals surface area contributed by atoms with Crippen LogP contribution in [-0.2, 0) is 14.8 Å². The molecule has 0 unspecified atom stereocenters. The Labute approximate surface area is 181 Å². The van der Waals surface area contributed by atoms with Crippen LogP contribution in [0.3, 0.4) is 0 Å². The lowest BCUT2D eigenvalue weighted by Crippen LogP contribution is -2.36. The summed E-state index contributed by atoms with van der Waals surface area (Å²) in [5, 5.41) is 6.01. The summed E-state index contributed by atoms with van der Waals surface area (Å²) in [5.41, 5.74) is 3.20. The average molecular weight is 442 g/mol. The highest BCUT2D eigenvalue weighted by Gasteiger charge is 2.27. The minimum absolute atomic E-state index is 0.0936. The Morgan fingerprint density at radius 1 is 1.06 bits per heavy atom. The van der Waals surface area contributed by atoms with Crippen LogP contribution in [0.15, 0.2) is 70.7 Å². The first-order valence-corrected chi connectivity index (χ1v) is 10.8. The number of amides is 1. The number of ether oxygens (including phenoxy) is 2. The van der Waals surface area contributed by atoms with E-state index in [2.05, 4.69) is 10.5 Å². The van der Waals surface area contributed by atoms with Gasteiger partial charge in [0.25, 0.3) is 5.91 Å². The van der Waals surface area contributed by atoms with Crippen LogP contribution >= 0.6 is 0 Å². The molecule has 0 aliphatic carbocycles. The zero-order valence-corrected chi connectivity index (χ0v) is 18.2. The molecule has 3 rings (SSSR count). The van der Waals surface area contributed by atoms with Gasteiger partial charge in [-0.2, -0.15) is 9.41 Å². The van der Waals surface area contributed by atoms with Crippen LogP contribution < -0.4 is 14.9 Å². The smallest absolute Gasteiger partial charge is 0.255 e. The first-order chi connectivity index (χ1) is 14.9. The summed E-state index contributed by atoms with van der Waals surface area (Å²) in [7, 11) is 0.112. The Morgan fingerprint density at radius 3 is 2.55 bits per heavy atom. The molecule has 0 aliphatic rings. The van der Waals surface area contributed by atoms with E-state index in [0.717, 1.165) is 20.6 Å². The number of carbonyl (C=O) groups excluding carboxylic acids is 1. The van der Waals surface area contributed by atoms with E-state index in [1.54, 1.807) is 6.07 Å². The van der Waals surface area contributed by atoms with Crippen molar-refractivity contribution in [3.05, 3.63) is 66.2 Å². The second kappa shape index (κ2) is 9.59. The van der Waals surface area contributed by atoms with Crippen molar-refractivity contribution >= 4 is 32.9 Å². The molecule has 31 heavy (non-hydrogen) atoms. The largest absolute Gasteiger partial charge is 0.497 e. The third-order valence-electron chi connectivity index (χ3n) is 4.64. The van der Waals surface area contributed by atoms with Gasteiger partial charge in [0.15, 0.2) is 0 Å². The standard InChI is InChI=1S/C22H23N3O5S/c1-25(31(27,28)21-13-18(29-2)11-12-20(21)30-3)15-22(26)24-23-14-17-9-6-8-16-7-4-5-10-19(16)17/h4-14H,15H2,1-3H3,(H,24,26)/b23-14-. The molecular weight excluding hydrogens is 418 g/mol. The number of nitrogens with one attached hydrogen (secondary N) is 1. The van der Waals surface area contributed by atoms with Gasteiger partial charge in [-0.15, -0.1) is 0 Å². The van der Waals surface area contributed by atoms with Gasteiger partial charge in [-0.05, 0) is 22.9 Å². The van der Waals surface area contributed by atoms with Crippen LogP contribution in [0, 0.1) is 0 Å². The predicted molar refractivity (Wildman–Crippen MR) is 119 cm³/mol. The van der Waals surface area contributed by atoms with Gasteiger partial charge in [-0.1, -0.05) is 42.5 Å². The molecule has 3 aromatic carbocycles. The molecular formula is C22H23N3O5S. The summed E-state index contributed by atoms with van der Waals surface area (Å²) in [6.45, 7) is -0.421. The molecule has 0 aliphatic heterocycles. The Kier molecular flexibility index (Phi) is 6.88. The summed E-state index contributed by atoms with van der Waals surface area (Å²) < 4.78 is 37.0. The number of hydrogen-bond donors (Lipinski definition) is 1. The van der Waals surface area contributed by atoms with E-state index in [1.807, 2.05) is 42.5 Å². The van der Waals surface area contributed by atoms with Gasteiger partial charge in [-0.25, -0.2) is 13.8 Å². The van der Waals surface area contributed by atoms with Crippen molar-refractivity contribution in [1.82, 2.24) is 9.73 Å². The number of carbonyl (C=O) groups is 1. The van der Waals surface area contributed by atoms with Crippen LogP contribution in [-0.4, -0.2) is 52.7 Å². The number of nitrogens with zero attached hydrogens (tertiary/aromatic N) is 2. The number of rotatable bonds is 8. The number of hydrogen-bond acceptors (Lipinski definition) is 6. The average Bonchev–Trinajstić information content (AvgIpc) is 2.78. The molecule has 0 atom stereocenters. The first kappa shape index (κ1) is 22.3. The van der Waals surface area contributed by atoms with Crippen molar-refractivity contribution in [1.29, 1.82) is 0 Å². The van der Waals surface area contributed by atoms with Crippen LogP contribution in [0.2, 0.25) is 0 Å². The maximum Gasteiger partial charge on any atom is 0.255 e. The Hall–Kier alpha value is -3.43.